The molecule has 1 aliphatic heterocycles. The van der Waals surface area contributed by atoms with E-state index in [0.717, 1.165) is 24.9 Å². The summed E-state index contributed by atoms with van der Waals surface area (Å²) in [4.78, 5) is 14.7. The van der Waals surface area contributed by atoms with Crippen LogP contribution in [0.15, 0.2) is 0 Å². The molecule has 0 bridgehead atoms. The van der Waals surface area contributed by atoms with Crippen LogP contribution in [0.25, 0.3) is 0 Å². The molecule has 0 aromatic carbocycles. The summed E-state index contributed by atoms with van der Waals surface area (Å²) in [6, 6.07) is 1.15. The number of piperidine rings is 1. The lowest BCUT2D eigenvalue weighted by molar-refractivity contribution is 0.139. The molecule has 1 atom stereocenters. The van der Waals surface area contributed by atoms with Crippen molar-refractivity contribution >= 4 is 6.03 Å². The van der Waals surface area contributed by atoms with Crippen LogP contribution in [0.2, 0.25) is 0 Å². The molecule has 120 valence electrons. The van der Waals surface area contributed by atoms with E-state index < -0.39 is 0 Å². The summed E-state index contributed by atoms with van der Waals surface area (Å²) in [5, 5.41) is 6.38. The van der Waals surface area contributed by atoms with Gasteiger partial charge in [-0.05, 0) is 76.7 Å². The van der Waals surface area contributed by atoms with Gasteiger partial charge in [0.05, 0.1) is 0 Å². The third kappa shape index (κ3) is 4.35. The quantitative estimate of drug-likeness (QED) is 0.790. The van der Waals surface area contributed by atoms with Crippen molar-refractivity contribution in [3.8, 4) is 0 Å². The molecule has 0 aromatic heterocycles. The maximum absolute atomic E-state index is 12.1. The number of amides is 2. The fourth-order valence-electron chi connectivity index (χ4n) is 3.70. The van der Waals surface area contributed by atoms with Gasteiger partial charge in [0.25, 0.3) is 0 Å². The lowest BCUT2D eigenvalue weighted by Crippen LogP contribution is -2.48. The van der Waals surface area contributed by atoms with Crippen molar-refractivity contribution in [1.29, 1.82) is 0 Å². The van der Waals surface area contributed by atoms with Gasteiger partial charge in [-0.15, -0.1) is 0 Å². The minimum Gasteiger partial charge on any atom is -0.338 e. The van der Waals surface area contributed by atoms with E-state index >= 15 is 0 Å². The molecule has 1 heterocycles. The molecule has 0 radical (unpaired) electrons. The molecule has 4 heteroatoms. The second-order valence-corrected chi connectivity index (χ2v) is 7.65. The molecule has 3 fully saturated rings. The fraction of sp³-hybridized carbons (Fsp3) is 0.941. The number of urea groups is 1. The normalized spacial score (nSPS) is 27.1. The van der Waals surface area contributed by atoms with E-state index in [4.69, 9.17) is 0 Å². The van der Waals surface area contributed by atoms with E-state index in [2.05, 4.69) is 29.4 Å². The Balaban J connectivity index is 1.38. The molecule has 2 N–H and O–H groups in total. The van der Waals surface area contributed by atoms with E-state index in [9.17, 15) is 4.79 Å². The van der Waals surface area contributed by atoms with Crippen LogP contribution in [0.5, 0.6) is 0 Å². The standard InChI is InChI=1S/C17H31N3O/c1-12(2)20-9-3-4-13(11-20)10-18-17(21)19-16(14-5-6-14)15-7-8-15/h12-16H,3-11H2,1-2H3,(H2,18,19,21). The number of nitrogens with zero attached hydrogens (tertiary/aromatic N) is 1. The number of hydrogen-bond donors (Lipinski definition) is 2. The monoisotopic (exact) mass is 293 g/mol. The molecule has 1 unspecified atom stereocenters. The zero-order chi connectivity index (χ0) is 14.8. The Labute approximate surface area is 129 Å². The summed E-state index contributed by atoms with van der Waals surface area (Å²) in [6.45, 7) is 7.70. The van der Waals surface area contributed by atoms with Crippen LogP contribution >= 0.6 is 0 Å². The van der Waals surface area contributed by atoms with Gasteiger partial charge >= 0.3 is 6.03 Å². The first-order chi connectivity index (χ1) is 10.1. The number of carbonyl (C=O) groups excluding carboxylic acids is 1. The summed E-state index contributed by atoms with van der Waals surface area (Å²) in [7, 11) is 0. The Morgan fingerprint density at radius 3 is 2.38 bits per heavy atom. The largest absolute Gasteiger partial charge is 0.338 e. The van der Waals surface area contributed by atoms with Crippen LogP contribution in [0.4, 0.5) is 4.79 Å². The topological polar surface area (TPSA) is 44.4 Å². The first kappa shape index (κ1) is 15.1. The SMILES string of the molecule is CC(C)N1CCCC(CNC(=O)NC(C2CC2)C2CC2)C1. The molecule has 2 saturated carbocycles. The highest BCUT2D eigenvalue weighted by molar-refractivity contribution is 5.74. The smallest absolute Gasteiger partial charge is 0.315 e. The summed E-state index contributed by atoms with van der Waals surface area (Å²) >= 11 is 0. The molecule has 3 aliphatic rings. The first-order valence-electron chi connectivity index (χ1n) is 8.92. The highest BCUT2D eigenvalue weighted by atomic mass is 16.2. The molecule has 3 rings (SSSR count). The maximum atomic E-state index is 12.1. The predicted octanol–water partition coefficient (Wildman–Crippen LogP) is 2.59. The van der Waals surface area contributed by atoms with Crippen LogP contribution in [0.1, 0.15) is 52.4 Å². The third-order valence-electron chi connectivity index (χ3n) is 5.39. The van der Waals surface area contributed by atoms with Gasteiger partial charge in [0.15, 0.2) is 0 Å². The number of hydrogen-bond acceptors (Lipinski definition) is 2. The van der Waals surface area contributed by atoms with Gasteiger partial charge in [-0.25, -0.2) is 4.79 Å². The van der Waals surface area contributed by atoms with Crippen LogP contribution in [-0.2, 0) is 0 Å². The highest BCUT2D eigenvalue weighted by Gasteiger charge is 2.42. The average molecular weight is 293 g/mol. The molecular weight excluding hydrogens is 262 g/mol. The van der Waals surface area contributed by atoms with Gasteiger partial charge < -0.3 is 15.5 Å². The number of rotatable bonds is 6. The van der Waals surface area contributed by atoms with E-state index in [1.165, 1.54) is 45.1 Å². The third-order valence-corrected chi connectivity index (χ3v) is 5.39. The van der Waals surface area contributed by atoms with Crippen LogP contribution in [0, 0.1) is 17.8 Å². The second kappa shape index (κ2) is 6.55. The van der Waals surface area contributed by atoms with Gasteiger partial charge in [0.1, 0.15) is 0 Å². The minimum atomic E-state index is 0.0699. The summed E-state index contributed by atoms with van der Waals surface area (Å²) in [5.41, 5.74) is 0. The van der Waals surface area contributed by atoms with E-state index in [-0.39, 0.29) is 6.03 Å². The molecule has 21 heavy (non-hydrogen) atoms. The Kier molecular flexibility index (Phi) is 4.72. The van der Waals surface area contributed by atoms with E-state index in [1.807, 2.05) is 0 Å². The Morgan fingerprint density at radius 2 is 1.81 bits per heavy atom. The van der Waals surface area contributed by atoms with Crippen molar-refractivity contribution < 1.29 is 4.79 Å². The van der Waals surface area contributed by atoms with Crippen molar-refractivity contribution in [1.82, 2.24) is 15.5 Å². The lowest BCUT2D eigenvalue weighted by atomic mass is 9.97. The predicted molar refractivity (Wildman–Crippen MR) is 85.2 cm³/mol. The summed E-state index contributed by atoms with van der Waals surface area (Å²) in [6.07, 6.45) is 7.76. The molecule has 0 spiro atoms. The zero-order valence-electron chi connectivity index (χ0n) is 13.6. The Bertz CT molecular complexity index is 351. The second-order valence-electron chi connectivity index (χ2n) is 7.65. The number of carbonyl (C=O) groups is 1. The maximum Gasteiger partial charge on any atom is 0.315 e. The van der Waals surface area contributed by atoms with Crippen molar-refractivity contribution in [3.63, 3.8) is 0 Å². The molecule has 2 aliphatic carbocycles. The van der Waals surface area contributed by atoms with Gasteiger partial charge in [-0.1, -0.05) is 0 Å². The Morgan fingerprint density at radius 1 is 1.14 bits per heavy atom. The van der Waals surface area contributed by atoms with Crippen LogP contribution < -0.4 is 10.6 Å². The summed E-state index contributed by atoms with van der Waals surface area (Å²) < 4.78 is 0. The number of likely N-dealkylation sites (tertiary alicyclic amines) is 1. The number of nitrogens with one attached hydrogen (secondary N) is 2. The van der Waals surface area contributed by atoms with E-state index in [0.29, 0.717) is 18.0 Å². The molecule has 1 saturated heterocycles. The highest BCUT2D eigenvalue weighted by Crippen LogP contribution is 2.44. The van der Waals surface area contributed by atoms with Crippen molar-refractivity contribution in [2.45, 2.75) is 64.5 Å². The van der Waals surface area contributed by atoms with Crippen LogP contribution in [-0.4, -0.2) is 42.6 Å². The minimum absolute atomic E-state index is 0.0699. The van der Waals surface area contributed by atoms with Crippen molar-refractivity contribution in [2.24, 2.45) is 17.8 Å². The van der Waals surface area contributed by atoms with Gasteiger partial charge in [-0.2, -0.15) is 0 Å². The van der Waals surface area contributed by atoms with Gasteiger partial charge in [0, 0.05) is 25.2 Å². The van der Waals surface area contributed by atoms with E-state index in [1.54, 1.807) is 0 Å². The molecular formula is C17H31N3O. The average Bonchev–Trinajstić information content (AvgIpc) is 3.36. The van der Waals surface area contributed by atoms with Gasteiger partial charge in [-0.3, -0.25) is 0 Å². The summed E-state index contributed by atoms with van der Waals surface area (Å²) in [5.74, 6) is 2.16. The first-order valence-corrected chi connectivity index (χ1v) is 8.92. The lowest BCUT2D eigenvalue weighted by Gasteiger charge is -2.35. The fourth-order valence-corrected chi connectivity index (χ4v) is 3.70. The van der Waals surface area contributed by atoms with Crippen LogP contribution in [0.3, 0.4) is 0 Å². The Hall–Kier alpha value is -0.770. The molecule has 0 aromatic rings. The zero-order valence-corrected chi connectivity index (χ0v) is 13.6. The molecule has 2 amide bonds. The van der Waals surface area contributed by atoms with Crippen molar-refractivity contribution in [3.05, 3.63) is 0 Å². The molecule has 4 nitrogen and oxygen atoms in total. The van der Waals surface area contributed by atoms with Crippen molar-refractivity contribution in [2.75, 3.05) is 19.6 Å². The van der Waals surface area contributed by atoms with Gasteiger partial charge in [0.2, 0.25) is 0 Å².